The van der Waals surface area contributed by atoms with E-state index in [9.17, 15) is 0 Å². The molecule has 0 radical (unpaired) electrons. The molecular weight excluding hydrogens is 220 g/mol. The van der Waals surface area contributed by atoms with Crippen molar-refractivity contribution in [1.29, 1.82) is 0 Å². The monoisotopic (exact) mass is 234 g/mol. The van der Waals surface area contributed by atoms with Gasteiger partial charge >= 0.3 is 0 Å². The highest BCUT2D eigenvalue weighted by Gasteiger charge is 2.13. The van der Waals surface area contributed by atoms with Crippen molar-refractivity contribution >= 4 is 22.5 Å². The number of aromatic nitrogens is 1. The minimum absolute atomic E-state index is 0.296. The average molecular weight is 235 g/mol. The molecule has 0 aliphatic carbocycles. The standard InChI is InChI=1S/C13H15ClN2/c1-2-9(8-15)11-7-10-5-3-4-6-12(10)16-13(11)14/h3-7,9H,2,8,15H2,1H3. The first-order valence-electron chi connectivity index (χ1n) is 5.51. The molecular formula is C13H15ClN2. The molecule has 2 nitrogen and oxygen atoms in total. The second-order valence-electron chi connectivity index (χ2n) is 3.90. The predicted molar refractivity (Wildman–Crippen MR) is 68.8 cm³/mol. The smallest absolute Gasteiger partial charge is 0.133 e. The highest BCUT2D eigenvalue weighted by Crippen LogP contribution is 2.28. The van der Waals surface area contributed by atoms with E-state index in [1.807, 2.05) is 24.3 Å². The van der Waals surface area contributed by atoms with Gasteiger partial charge in [-0.05, 0) is 36.6 Å². The highest BCUT2D eigenvalue weighted by molar-refractivity contribution is 6.30. The Morgan fingerprint density at radius 3 is 2.81 bits per heavy atom. The van der Waals surface area contributed by atoms with Crippen LogP contribution in [0.2, 0.25) is 5.15 Å². The molecule has 0 saturated carbocycles. The zero-order valence-corrected chi connectivity index (χ0v) is 10.0. The number of para-hydroxylation sites is 1. The van der Waals surface area contributed by atoms with Gasteiger partial charge in [0, 0.05) is 5.39 Å². The Labute approximate surface area is 100 Å². The molecule has 0 aliphatic rings. The number of halogens is 1. The topological polar surface area (TPSA) is 38.9 Å². The fourth-order valence-electron chi connectivity index (χ4n) is 1.91. The molecule has 2 aromatic rings. The summed E-state index contributed by atoms with van der Waals surface area (Å²) in [6.07, 6.45) is 0.982. The van der Waals surface area contributed by atoms with Gasteiger partial charge in [0.05, 0.1) is 5.52 Å². The Balaban J connectivity index is 2.57. The average Bonchev–Trinajstić information content (AvgIpc) is 2.31. The number of hydrogen-bond donors (Lipinski definition) is 1. The molecule has 1 aromatic carbocycles. The van der Waals surface area contributed by atoms with Crippen LogP contribution in [0.1, 0.15) is 24.8 Å². The third kappa shape index (κ3) is 2.04. The lowest BCUT2D eigenvalue weighted by atomic mass is 9.97. The lowest BCUT2D eigenvalue weighted by molar-refractivity contribution is 0.673. The van der Waals surface area contributed by atoms with E-state index in [1.54, 1.807) is 0 Å². The van der Waals surface area contributed by atoms with E-state index in [4.69, 9.17) is 17.3 Å². The second kappa shape index (κ2) is 4.81. The SMILES string of the molecule is CCC(CN)c1cc2ccccc2nc1Cl. The molecule has 1 aromatic heterocycles. The summed E-state index contributed by atoms with van der Waals surface area (Å²) in [5.41, 5.74) is 7.74. The van der Waals surface area contributed by atoms with Crippen LogP contribution in [0.5, 0.6) is 0 Å². The van der Waals surface area contributed by atoms with Crippen molar-refractivity contribution in [2.45, 2.75) is 19.3 Å². The zero-order chi connectivity index (χ0) is 11.5. The fourth-order valence-corrected chi connectivity index (χ4v) is 2.21. The van der Waals surface area contributed by atoms with Crippen LogP contribution in [0.3, 0.4) is 0 Å². The van der Waals surface area contributed by atoms with Gasteiger partial charge in [-0.3, -0.25) is 0 Å². The number of rotatable bonds is 3. The quantitative estimate of drug-likeness (QED) is 0.828. The summed E-state index contributed by atoms with van der Waals surface area (Å²) in [7, 11) is 0. The van der Waals surface area contributed by atoms with Crippen LogP contribution in [-0.4, -0.2) is 11.5 Å². The maximum absolute atomic E-state index is 6.19. The number of hydrogen-bond acceptors (Lipinski definition) is 2. The zero-order valence-electron chi connectivity index (χ0n) is 9.28. The van der Waals surface area contributed by atoms with E-state index < -0.39 is 0 Å². The Morgan fingerprint density at radius 1 is 1.38 bits per heavy atom. The summed E-state index contributed by atoms with van der Waals surface area (Å²) >= 11 is 6.19. The molecule has 0 amide bonds. The van der Waals surface area contributed by atoms with Gasteiger partial charge in [-0.2, -0.15) is 0 Å². The maximum atomic E-state index is 6.19. The van der Waals surface area contributed by atoms with Gasteiger partial charge in [0.1, 0.15) is 5.15 Å². The van der Waals surface area contributed by atoms with Crippen molar-refractivity contribution in [3.05, 3.63) is 41.0 Å². The summed E-state index contributed by atoms with van der Waals surface area (Å²) in [6, 6.07) is 10.1. The van der Waals surface area contributed by atoms with Crippen LogP contribution in [0.25, 0.3) is 10.9 Å². The fraction of sp³-hybridized carbons (Fsp3) is 0.308. The first-order valence-corrected chi connectivity index (χ1v) is 5.89. The summed E-state index contributed by atoms with van der Waals surface area (Å²) in [6.45, 7) is 2.72. The Morgan fingerprint density at radius 2 is 2.12 bits per heavy atom. The van der Waals surface area contributed by atoms with Gasteiger partial charge in [-0.1, -0.05) is 36.7 Å². The summed E-state index contributed by atoms with van der Waals surface area (Å²) < 4.78 is 0. The highest BCUT2D eigenvalue weighted by atomic mass is 35.5. The molecule has 0 spiro atoms. The number of benzene rings is 1. The van der Waals surface area contributed by atoms with Gasteiger partial charge < -0.3 is 5.73 Å². The normalized spacial score (nSPS) is 12.9. The lowest BCUT2D eigenvalue weighted by Crippen LogP contribution is -2.12. The summed E-state index contributed by atoms with van der Waals surface area (Å²) in [5.74, 6) is 0.296. The first-order chi connectivity index (χ1) is 7.76. The minimum Gasteiger partial charge on any atom is -0.330 e. The van der Waals surface area contributed by atoms with E-state index in [0.717, 1.165) is 22.9 Å². The third-order valence-corrected chi connectivity index (χ3v) is 3.22. The van der Waals surface area contributed by atoms with E-state index in [2.05, 4.69) is 18.0 Å². The van der Waals surface area contributed by atoms with Crippen LogP contribution in [0.4, 0.5) is 0 Å². The number of pyridine rings is 1. The van der Waals surface area contributed by atoms with E-state index in [-0.39, 0.29) is 0 Å². The van der Waals surface area contributed by atoms with E-state index >= 15 is 0 Å². The first kappa shape index (κ1) is 11.4. The predicted octanol–water partition coefficient (Wildman–Crippen LogP) is 3.34. The van der Waals surface area contributed by atoms with Gasteiger partial charge in [-0.15, -0.1) is 0 Å². The molecule has 0 fully saturated rings. The van der Waals surface area contributed by atoms with Crippen molar-refractivity contribution < 1.29 is 0 Å². The molecule has 0 aliphatic heterocycles. The number of nitrogens with zero attached hydrogens (tertiary/aromatic N) is 1. The van der Waals surface area contributed by atoms with E-state index in [1.165, 1.54) is 0 Å². The van der Waals surface area contributed by atoms with Gasteiger partial charge in [0.2, 0.25) is 0 Å². The minimum atomic E-state index is 0.296. The number of fused-ring (bicyclic) bond motifs is 1. The molecule has 84 valence electrons. The Kier molecular flexibility index (Phi) is 3.42. The van der Waals surface area contributed by atoms with Gasteiger partial charge in [0.25, 0.3) is 0 Å². The second-order valence-corrected chi connectivity index (χ2v) is 4.26. The van der Waals surface area contributed by atoms with Crippen molar-refractivity contribution in [3.63, 3.8) is 0 Å². The molecule has 0 bridgehead atoms. The van der Waals surface area contributed by atoms with E-state index in [0.29, 0.717) is 17.6 Å². The molecule has 0 saturated heterocycles. The summed E-state index contributed by atoms with van der Waals surface area (Å²) in [5, 5.41) is 1.70. The van der Waals surface area contributed by atoms with Crippen LogP contribution in [0, 0.1) is 0 Å². The maximum Gasteiger partial charge on any atom is 0.133 e. The van der Waals surface area contributed by atoms with Crippen molar-refractivity contribution in [2.24, 2.45) is 5.73 Å². The molecule has 1 atom stereocenters. The third-order valence-electron chi connectivity index (χ3n) is 2.92. The lowest BCUT2D eigenvalue weighted by Gasteiger charge is -2.14. The molecule has 2 rings (SSSR count). The van der Waals surface area contributed by atoms with Crippen LogP contribution in [-0.2, 0) is 0 Å². The van der Waals surface area contributed by atoms with Crippen molar-refractivity contribution in [3.8, 4) is 0 Å². The molecule has 16 heavy (non-hydrogen) atoms. The summed E-state index contributed by atoms with van der Waals surface area (Å²) in [4.78, 5) is 4.40. The molecule has 1 unspecified atom stereocenters. The van der Waals surface area contributed by atoms with Crippen LogP contribution < -0.4 is 5.73 Å². The number of nitrogens with two attached hydrogens (primary N) is 1. The Bertz CT molecular complexity index is 492. The van der Waals surface area contributed by atoms with Crippen LogP contribution in [0.15, 0.2) is 30.3 Å². The molecule has 3 heteroatoms. The van der Waals surface area contributed by atoms with Gasteiger partial charge in [0.15, 0.2) is 0 Å². The van der Waals surface area contributed by atoms with Crippen molar-refractivity contribution in [2.75, 3.05) is 6.54 Å². The largest absolute Gasteiger partial charge is 0.330 e. The Hall–Kier alpha value is -1.12. The molecule has 2 N–H and O–H groups in total. The van der Waals surface area contributed by atoms with Gasteiger partial charge in [-0.25, -0.2) is 4.98 Å². The van der Waals surface area contributed by atoms with Crippen LogP contribution >= 0.6 is 11.6 Å². The van der Waals surface area contributed by atoms with Crippen molar-refractivity contribution in [1.82, 2.24) is 4.98 Å². The molecule has 1 heterocycles.